The number of para-hydroxylation sites is 1. The van der Waals surface area contributed by atoms with Gasteiger partial charge in [0.1, 0.15) is 0 Å². The number of aryl methyl sites for hydroxylation is 1. The van der Waals surface area contributed by atoms with Gasteiger partial charge >= 0.3 is 5.97 Å². The minimum Gasteiger partial charge on any atom is -0.469 e. The van der Waals surface area contributed by atoms with E-state index in [1.807, 2.05) is 6.07 Å². The van der Waals surface area contributed by atoms with Crippen LogP contribution in [0.5, 0.6) is 0 Å². The molecule has 12 heteroatoms. The summed E-state index contributed by atoms with van der Waals surface area (Å²) >= 11 is 0. The lowest BCUT2D eigenvalue weighted by molar-refractivity contribution is -0.139. The molecule has 2 aromatic carbocycles. The van der Waals surface area contributed by atoms with Crippen molar-refractivity contribution in [3.05, 3.63) is 87.5 Å². The van der Waals surface area contributed by atoms with Gasteiger partial charge in [-0.2, -0.15) is 0 Å². The van der Waals surface area contributed by atoms with Gasteiger partial charge in [-0.15, -0.1) is 0 Å². The van der Waals surface area contributed by atoms with Crippen LogP contribution in [0.3, 0.4) is 0 Å². The molecule has 0 radical (unpaired) electrons. The number of nitrogens with zero attached hydrogens (tertiary/aromatic N) is 3. The fraction of sp³-hybridized carbons (Fsp3) is 0.200. The number of rotatable bonds is 8. The lowest BCUT2D eigenvalue weighted by Gasteiger charge is -2.06. The Balaban J connectivity index is 1.66. The molecule has 2 heterocycles. The predicted octanol–water partition coefficient (Wildman–Crippen LogP) is 3.43. The molecule has 0 spiro atoms. The van der Waals surface area contributed by atoms with Crippen LogP contribution in [0.2, 0.25) is 0 Å². The van der Waals surface area contributed by atoms with Crippen LogP contribution in [0.4, 0.5) is 11.6 Å². The summed E-state index contributed by atoms with van der Waals surface area (Å²) in [5.74, 6) is -0.467. The molecule has 0 saturated heterocycles. The Bertz CT molecular complexity index is 1630. The van der Waals surface area contributed by atoms with Crippen molar-refractivity contribution in [2.75, 3.05) is 11.8 Å². The number of anilines is 1. The van der Waals surface area contributed by atoms with E-state index in [-0.39, 0.29) is 28.3 Å². The fourth-order valence-electron chi connectivity index (χ4n) is 3.60. The van der Waals surface area contributed by atoms with Crippen LogP contribution in [0.1, 0.15) is 29.4 Å². The minimum absolute atomic E-state index is 0.00276. The zero-order valence-corrected chi connectivity index (χ0v) is 21.4. The van der Waals surface area contributed by atoms with Crippen molar-refractivity contribution >= 4 is 33.3 Å². The number of hydrogen-bond donors (Lipinski definition) is 2. The molecule has 2 aromatic heterocycles. The number of methoxy groups -OCH3 is 1. The van der Waals surface area contributed by atoms with E-state index >= 15 is 0 Å². The van der Waals surface area contributed by atoms with Crippen LogP contribution in [-0.4, -0.2) is 42.1 Å². The second-order valence-electron chi connectivity index (χ2n) is 8.21. The predicted molar refractivity (Wildman–Crippen MR) is 137 cm³/mol. The normalized spacial score (nSPS) is 11.9. The molecule has 4 rings (SSSR count). The number of ether oxygens (including phenoxy) is 1. The van der Waals surface area contributed by atoms with E-state index in [0.717, 1.165) is 0 Å². The number of sulfonamides is 1. The first-order chi connectivity index (χ1) is 17.6. The van der Waals surface area contributed by atoms with Gasteiger partial charge < -0.3 is 9.26 Å². The first-order valence-corrected chi connectivity index (χ1v) is 12.7. The fourth-order valence-corrected chi connectivity index (χ4v) is 4.65. The molecule has 37 heavy (non-hydrogen) atoms. The molecule has 0 aliphatic heterocycles. The number of aliphatic imine (C=N–C) groups is 1. The van der Waals surface area contributed by atoms with Gasteiger partial charge in [-0.1, -0.05) is 23.4 Å². The molecule has 4 aromatic rings. The molecule has 2 N–H and O–H groups in total. The molecule has 0 atom stereocenters. The summed E-state index contributed by atoms with van der Waals surface area (Å²) in [6.45, 7) is 5.05. The second kappa shape index (κ2) is 10.3. The number of H-pyrrole nitrogens is 1. The summed E-state index contributed by atoms with van der Waals surface area (Å²) in [7, 11) is -2.65. The molecule has 0 fully saturated rings. The molecule has 0 amide bonds. The smallest absolute Gasteiger partial charge is 0.311 e. The Labute approximate surface area is 212 Å². The van der Waals surface area contributed by atoms with Gasteiger partial charge in [0.15, 0.2) is 0 Å². The largest absolute Gasteiger partial charge is 0.469 e. The molecular weight excluding hydrogens is 498 g/mol. The van der Waals surface area contributed by atoms with Gasteiger partial charge in [-0.05, 0) is 57.2 Å². The number of carbonyl (C=O) groups is 1. The lowest BCUT2D eigenvalue weighted by atomic mass is 10.1. The standard InChI is InChI=1S/C25H25N5O6S/c1-15-16(2)28-36-24(15)29-37(33,34)20-12-10-18(11-13-20)26-17(3)23-21(14-22(31)35-4)27-30(25(23)32)19-8-6-5-7-9-19/h5-13,27,29H,14H2,1-4H3. The summed E-state index contributed by atoms with van der Waals surface area (Å²) in [5, 5.41) is 6.73. The Morgan fingerprint density at radius 2 is 1.81 bits per heavy atom. The van der Waals surface area contributed by atoms with Crippen molar-refractivity contribution < 1.29 is 22.5 Å². The number of nitrogens with one attached hydrogen (secondary N) is 2. The zero-order valence-electron chi connectivity index (χ0n) is 20.6. The average Bonchev–Trinajstić information content (AvgIpc) is 3.37. The molecule has 0 saturated carbocycles. The van der Waals surface area contributed by atoms with Crippen LogP contribution in [-0.2, 0) is 26.0 Å². The van der Waals surface area contributed by atoms with Crippen molar-refractivity contribution in [3.63, 3.8) is 0 Å². The van der Waals surface area contributed by atoms with E-state index in [9.17, 15) is 18.0 Å². The maximum Gasteiger partial charge on any atom is 0.311 e. The number of hydrogen-bond acceptors (Lipinski definition) is 8. The Morgan fingerprint density at radius 3 is 2.41 bits per heavy atom. The highest BCUT2D eigenvalue weighted by Gasteiger charge is 2.21. The van der Waals surface area contributed by atoms with Gasteiger partial charge in [0.05, 0.1) is 52.5 Å². The summed E-state index contributed by atoms with van der Waals surface area (Å²) in [6.07, 6.45) is -0.156. The topological polar surface area (TPSA) is 149 Å². The van der Waals surface area contributed by atoms with Crippen LogP contribution in [0.15, 0.2) is 73.8 Å². The number of aromatic amines is 1. The number of esters is 1. The zero-order chi connectivity index (χ0) is 26.7. The molecule has 0 aliphatic carbocycles. The van der Waals surface area contributed by atoms with E-state index in [1.165, 1.54) is 36.1 Å². The van der Waals surface area contributed by atoms with E-state index in [4.69, 9.17) is 9.26 Å². The van der Waals surface area contributed by atoms with Crippen LogP contribution < -0.4 is 10.3 Å². The van der Waals surface area contributed by atoms with Gasteiger partial charge in [0.2, 0.25) is 5.88 Å². The third kappa shape index (κ3) is 5.38. The summed E-state index contributed by atoms with van der Waals surface area (Å²) in [6, 6.07) is 14.7. The van der Waals surface area contributed by atoms with E-state index in [1.54, 1.807) is 45.0 Å². The van der Waals surface area contributed by atoms with Crippen LogP contribution in [0, 0.1) is 13.8 Å². The molecule has 0 bridgehead atoms. The highest BCUT2D eigenvalue weighted by Crippen LogP contribution is 2.24. The Hall–Kier alpha value is -4.45. The number of benzene rings is 2. The minimum atomic E-state index is -3.92. The van der Waals surface area contributed by atoms with Crippen LogP contribution in [0.25, 0.3) is 5.69 Å². The van der Waals surface area contributed by atoms with Crippen molar-refractivity contribution in [3.8, 4) is 5.69 Å². The third-order valence-electron chi connectivity index (χ3n) is 5.72. The van der Waals surface area contributed by atoms with Crippen molar-refractivity contribution in [1.82, 2.24) is 14.9 Å². The second-order valence-corrected chi connectivity index (χ2v) is 9.90. The molecular formula is C25H25N5O6S. The Kier molecular flexibility index (Phi) is 7.11. The molecule has 0 aliphatic rings. The maximum atomic E-state index is 13.3. The highest BCUT2D eigenvalue weighted by molar-refractivity contribution is 7.92. The van der Waals surface area contributed by atoms with Crippen molar-refractivity contribution in [1.29, 1.82) is 0 Å². The van der Waals surface area contributed by atoms with E-state index < -0.39 is 16.0 Å². The number of aromatic nitrogens is 3. The van der Waals surface area contributed by atoms with Crippen molar-refractivity contribution in [2.24, 2.45) is 4.99 Å². The monoisotopic (exact) mass is 523 g/mol. The first kappa shape index (κ1) is 25.6. The quantitative estimate of drug-likeness (QED) is 0.265. The molecule has 0 unspecified atom stereocenters. The van der Waals surface area contributed by atoms with Gasteiger partial charge in [-0.3, -0.25) is 19.7 Å². The molecule has 11 nitrogen and oxygen atoms in total. The van der Waals surface area contributed by atoms with E-state index in [2.05, 4.69) is 20.0 Å². The van der Waals surface area contributed by atoms with E-state index in [0.29, 0.717) is 34.0 Å². The lowest BCUT2D eigenvalue weighted by Crippen LogP contribution is -2.20. The summed E-state index contributed by atoms with van der Waals surface area (Å²) in [4.78, 5) is 29.8. The van der Waals surface area contributed by atoms with Gasteiger partial charge in [0.25, 0.3) is 15.6 Å². The third-order valence-corrected chi connectivity index (χ3v) is 7.07. The van der Waals surface area contributed by atoms with Crippen molar-refractivity contribution in [2.45, 2.75) is 32.1 Å². The van der Waals surface area contributed by atoms with Gasteiger partial charge in [-0.25, -0.2) is 17.8 Å². The Morgan fingerprint density at radius 1 is 1.14 bits per heavy atom. The summed E-state index contributed by atoms with van der Waals surface area (Å²) < 4.78 is 39.0. The van der Waals surface area contributed by atoms with Crippen LogP contribution >= 0.6 is 0 Å². The van der Waals surface area contributed by atoms with Gasteiger partial charge in [0, 0.05) is 5.56 Å². The SMILES string of the molecule is COC(=O)Cc1[nH]n(-c2ccccc2)c(=O)c1C(C)=Nc1ccc(S(=O)(=O)Nc2onc(C)c2C)cc1. The highest BCUT2D eigenvalue weighted by atomic mass is 32.2. The number of carbonyl (C=O) groups excluding carboxylic acids is 1. The first-order valence-electron chi connectivity index (χ1n) is 11.2. The summed E-state index contributed by atoms with van der Waals surface area (Å²) in [5.41, 5.74) is 2.72. The average molecular weight is 524 g/mol. The maximum absolute atomic E-state index is 13.3. The molecule has 192 valence electrons.